The monoisotopic (exact) mass is 310 g/mol. The molecule has 2 N–H and O–H groups in total. The molecule has 0 unspecified atom stereocenters. The average Bonchev–Trinajstić information content (AvgIpc) is 2.47. The second kappa shape index (κ2) is 10.2. The van der Waals surface area contributed by atoms with Crippen LogP contribution in [0.3, 0.4) is 0 Å². The number of hydrogen-bond donors (Lipinski definition) is 2. The van der Waals surface area contributed by atoms with Crippen molar-refractivity contribution in [2.45, 2.75) is 24.7 Å². The van der Waals surface area contributed by atoms with Crippen molar-refractivity contribution < 1.29 is 14.3 Å². The van der Waals surface area contributed by atoms with Crippen molar-refractivity contribution in [3.63, 3.8) is 0 Å². The standard InChI is InChI=1S/C15H22N2O3S/c1-3-20-15(19)9-6-10-16-11-14(18)17-12-7-4-5-8-13(12)21-2/h4-5,7-8,16H,3,6,9-11H2,1-2H3,(H,17,18). The van der Waals surface area contributed by atoms with Crippen molar-refractivity contribution in [1.82, 2.24) is 5.32 Å². The van der Waals surface area contributed by atoms with Crippen LogP contribution in [0.4, 0.5) is 5.69 Å². The maximum Gasteiger partial charge on any atom is 0.305 e. The number of nitrogens with one attached hydrogen (secondary N) is 2. The highest BCUT2D eigenvalue weighted by atomic mass is 32.2. The number of carbonyl (C=O) groups is 2. The largest absolute Gasteiger partial charge is 0.466 e. The summed E-state index contributed by atoms with van der Waals surface area (Å²) in [6.07, 6.45) is 3.00. The molecule has 6 heteroatoms. The second-order valence-electron chi connectivity index (χ2n) is 4.33. The van der Waals surface area contributed by atoms with Gasteiger partial charge in [-0.2, -0.15) is 0 Å². The van der Waals surface area contributed by atoms with Gasteiger partial charge in [0.2, 0.25) is 5.91 Å². The fourth-order valence-corrected chi connectivity index (χ4v) is 2.29. The van der Waals surface area contributed by atoms with E-state index in [1.54, 1.807) is 18.7 Å². The molecule has 0 aliphatic rings. The summed E-state index contributed by atoms with van der Waals surface area (Å²) in [6, 6.07) is 7.68. The summed E-state index contributed by atoms with van der Waals surface area (Å²) < 4.78 is 4.83. The first-order valence-corrected chi connectivity index (χ1v) is 8.19. The van der Waals surface area contributed by atoms with Gasteiger partial charge in [0.25, 0.3) is 0 Å². The zero-order valence-corrected chi connectivity index (χ0v) is 13.3. The fraction of sp³-hybridized carbons (Fsp3) is 0.467. The van der Waals surface area contributed by atoms with Crippen molar-refractivity contribution in [2.24, 2.45) is 0 Å². The van der Waals surface area contributed by atoms with E-state index < -0.39 is 0 Å². The van der Waals surface area contributed by atoms with E-state index in [4.69, 9.17) is 4.74 Å². The van der Waals surface area contributed by atoms with Crippen LogP contribution in [0.2, 0.25) is 0 Å². The Hall–Kier alpha value is -1.53. The van der Waals surface area contributed by atoms with Crippen LogP contribution in [0, 0.1) is 0 Å². The molecular formula is C15H22N2O3S. The Morgan fingerprint density at radius 1 is 1.29 bits per heavy atom. The maximum atomic E-state index is 11.8. The Balaban J connectivity index is 2.21. The lowest BCUT2D eigenvalue weighted by atomic mass is 10.3. The highest BCUT2D eigenvalue weighted by molar-refractivity contribution is 7.98. The van der Waals surface area contributed by atoms with Crippen molar-refractivity contribution in [3.05, 3.63) is 24.3 Å². The zero-order chi connectivity index (χ0) is 15.5. The quantitative estimate of drug-likeness (QED) is 0.416. The number of thioether (sulfide) groups is 1. The number of carbonyl (C=O) groups excluding carboxylic acids is 2. The molecule has 1 aromatic carbocycles. The molecule has 0 bridgehead atoms. The third-order valence-corrected chi connectivity index (χ3v) is 3.50. The van der Waals surface area contributed by atoms with Crippen LogP contribution in [0.25, 0.3) is 0 Å². The van der Waals surface area contributed by atoms with E-state index in [9.17, 15) is 9.59 Å². The number of hydrogen-bond acceptors (Lipinski definition) is 5. The normalized spacial score (nSPS) is 10.2. The summed E-state index contributed by atoms with van der Waals surface area (Å²) >= 11 is 1.59. The van der Waals surface area contributed by atoms with Gasteiger partial charge in [0.15, 0.2) is 0 Å². The molecule has 0 saturated heterocycles. The van der Waals surface area contributed by atoms with Crippen LogP contribution in [0.1, 0.15) is 19.8 Å². The summed E-state index contributed by atoms with van der Waals surface area (Å²) in [6.45, 7) is 3.03. The average molecular weight is 310 g/mol. The Bertz CT molecular complexity index is 466. The molecule has 116 valence electrons. The molecule has 0 saturated carbocycles. The molecule has 21 heavy (non-hydrogen) atoms. The summed E-state index contributed by atoms with van der Waals surface area (Å²) in [7, 11) is 0. The maximum absolute atomic E-state index is 11.8. The van der Waals surface area contributed by atoms with Gasteiger partial charge in [-0.25, -0.2) is 0 Å². The van der Waals surface area contributed by atoms with Crippen LogP contribution >= 0.6 is 11.8 Å². The Kier molecular flexibility index (Phi) is 8.54. The van der Waals surface area contributed by atoms with Crippen LogP contribution in [-0.2, 0) is 14.3 Å². The van der Waals surface area contributed by atoms with Gasteiger partial charge in [-0.1, -0.05) is 12.1 Å². The number of para-hydroxylation sites is 1. The van der Waals surface area contributed by atoms with Crippen molar-refractivity contribution >= 4 is 29.3 Å². The predicted molar refractivity (Wildman–Crippen MR) is 85.6 cm³/mol. The van der Waals surface area contributed by atoms with E-state index in [2.05, 4.69) is 10.6 Å². The minimum absolute atomic E-state index is 0.0902. The molecule has 5 nitrogen and oxygen atoms in total. The fourth-order valence-electron chi connectivity index (χ4n) is 1.74. The SMILES string of the molecule is CCOC(=O)CCCNCC(=O)Nc1ccccc1SC. The molecule has 0 heterocycles. The summed E-state index contributed by atoms with van der Waals surface area (Å²) in [5.41, 5.74) is 0.823. The van der Waals surface area contributed by atoms with Gasteiger partial charge < -0.3 is 15.4 Å². The van der Waals surface area contributed by atoms with Crippen LogP contribution in [0.5, 0.6) is 0 Å². The van der Waals surface area contributed by atoms with Gasteiger partial charge in [-0.15, -0.1) is 11.8 Å². The summed E-state index contributed by atoms with van der Waals surface area (Å²) in [5.74, 6) is -0.287. The Morgan fingerprint density at radius 2 is 2.05 bits per heavy atom. The molecule has 1 rings (SSSR count). The number of rotatable bonds is 9. The molecule has 0 radical (unpaired) electrons. The first-order valence-electron chi connectivity index (χ1n) is 6.96. The number of esters is 1. The molecule has 0 aromatic heterocycles. The van der Waals surface area contributed by atoms with Gasteiger partial charge in [-0.3, -0.25) is 9.59 Å². The molecule has 1 aromatic rings. The van der Waals surface area contributed by atoms with Crippen LogP contribution in [-0.4, -0.2) is 37.8 Å². The third-order valence-electron chi connectivity index (χ3n) is 2.71. The van der Waals surface area contributed by atoms with Crippen LogP contribution < -0.4 is 10.6 Å². The zero-order valence-electron chi connectivity index (χ0n) is 12.5. The van der Waals surface area contributed by atoms with Gasteiger partial charge in [0.1, 0.15) is 0 Å². The Morgan fingerprint density at radius 3 is 2.76 bits per heavy atom. The van der Waals surface area contributed by atoms with E-state index in [-0.39, 0.29) is 18.4 Å². The van der Waals surface area contributed by atoms with E-state index in [1.165, 1.54) is 0 Å². The third kappa shape index (κ3) is 7.15. The topological polar surface area (TPSA) is 67.4 Å². The first kappa shape index (κ1) is 17.5. The number of benzene rings is 1. The predicted octanol–water partition coefficient (Wildman–Crippen LogP) is 2.28. The van der Waals surface area contributed by atoms with Crippen molar-refractivity contribution in [1.29, 1.82) is 0 Å². The lowest BCUT2D eigenvalue weighted by Crippen LogP contribution is -2.29. The molecule has 0 fully saturated rings. The number of ether oxygens (including phenoxy) is 1. The van der Waals surface area contributed by atoms with E-state index in [0.29, 0.717) is 26.0 Å². The van der Waals surface area contributed by atoms with Gasteiger partial charge in [0.05, 0.1) is 18.8 Å². The van der Waals surface area contributed by atoms with Gasteiger partial charge in [0, 0.05) is 11.3 Å². The van der Waals surface area contributed by atoms with E-state index in [0.717, 1.165) is 10.6 Å². The first-order chi connectivity index (χ1) is 10.2. The molecular weight excluding hydrogens is 288 g/mol. The minimum atomic E-state index is -0.197. The molecule has 0 spiro atoms. The Labute approximate surface area is 129 Å². The molecule has 0 aliphatic heterocycles. The van der Waals surface area contributed by atoms with Gasteiger partial charge in [-0.05, 0) is 38.3 Å². The smallest absolute Gasteiger partial charge is 0.305 e. The molecule has 0 aliphatic carbocycles. The van der Waals surface area contributed by atoms with E-state index >= 15 is 0 Å². The molecule has 1 amide bonds. The van der Waals surface area contributed by atoms with Crippen LogP contribution in [0.15, 0.2) is 29.2 Å². The number of anilines is 1. The number of amides is 1. The van der Waals surface area contributed by atoms with E-state index in [1.807, 2.05) is 30.5 Å². The van der Waals surface area contributed by atoms with Crippen molar-refractivity contribution in [2.75, 3.05) is 31.3 Å². The summed E-state index contributed by atoms with van der Waals surface area (Å²) in [4.78, 5) is 24.0. The highest BCUT2D eigenvalue weighted by Gasteiger charge is 2.06. The highest BCUT2D eigenvalue weighted by Crippen LogP contribution is 2.24. The van der Waals surface area contributed by atoms with Gasteiger partial charge >= 0.3 is 5.97 Å². The minimum Gasteiger partial charge on any atom is -0.466 e. The lowest BCUT2D eigenvalue weighted by Gasteiger charge is -2.09. The lowest BCUT2D eigenvalue weighted by molar-refractivity contribution is -0.143. The van der Waals surface area contributed by atoms with Crippen molar-refractivity contribution in [3.8, 4) is 0 Å². The summed E-state index contributed by atoms with van der Waals surface area (Å²) in [5, 5.41) is 5.88. The second-order valence-corrected chi connectivity index (χ2v) is 5.18. The molecule has 0 atom stereocenters.